The van der Waals surface area contributed by atoms with Gasteiger partial charge in [-0.25, -0.2) is 0 Å². The predicted molar refractivity (Wildman–Crippen MR) is 85.3 cm³/mol. The summed E-state index contributed by atoms with van der Waals surface area (Å²) in [5.74, 6) is -0.152. The number of benzene rings is 1. The van der Waals surface area contributed by atoms with Crippen molar-refractivity contribution in [1.29, 1.82) is 0 Å². The summed E-state index contributed by atoms with van der Waals surface area (Å²) in [4.78, 5) is 16.1. The number of carbonyl (C=O) groups excluding carboxylic acids is 1. The fraction of sp³-hybridized carbons (Fsp3) is 0.294. The van der Waals surface area contributed by atoms with Crippen molar-refractivity contribution in [1.82, 2.24) is 10.3 Å². The molecule has 0 aliphatic heterocycles. The van der Waals surface area contributed by atoms with Crippen molar-refractivity contribution < 1.29 is 4.79 Å². The topological polar surface area (TPSA) is 54.0 Å². The number of amides is 1. The Labute approximate surface area is 125 Å². The largest absolute Gasteiger partial charge is 0.378 e. The van der Waals surface area contributed by atoms with Crippen LogP contribution in [0.1, 0.15) is 42.9 Å². The van der Waals surface area contributed by atoms with Gasteiger partial charge in [0.15, 0.2) is 0 Å². The van der Waals surface area contributed by atoms with E-state index in [9.17, 15) is 4.79 Å². The number of carbonyl (C=O) groups is 1. The maximum absolute atomic E-state index is 12.0. The summed E-state index contributed by atoms with van der Waals surface area (Å²) in [6.45, 7) is 5.94. The molecule has 1 atom stereocenters. The molecule has 1 heterocycles. The molecule has 1 unspecified atom stereocenters. The molecule has 0 saturated heterocycles. The van der Waals surface area contributed by atoms with Crippen molar-refractivity contribution in [2.75, 3.05) is 5.32 Å². The molecule has 1 aromatic heterocycles. The lowest BCUT2D eigenvalue weighted by Gasteiger charge is -2.16. The Bertz CT molecular complexity index is 596. The van der Waals surface area contributed by atoms with Crippen molar-refractivity contribution in [2.45, 2.75) is 32.9 Å². The normalized spacial score (nSPS) is 12.0. The second-order valence-corrected chi connectivity index (χ2v) is 5.33. The van der Waals surface area contributed by atoms with Gasteiger partial charge in [0.2, 0.25) is 0 Å². The minimum atomic E-state index is -0.152. The quantitative estimate of drug-likeness (QED) is 0.884. The van der Waals surface area contributed by atoms with Gasteiger partial charge in [0.05, 0.1) is 0 Å². The van der Waals surface area contributed by atoms with Gasteiger partial charge in [0.1, 0.15) is 5.69 Å². The molecule has 2 aromatic rings. The van der Waals surface area contributed by atoms with E-state index in [2.05, 4.69) is 34.7 Å². The molecular formula is C17H21N3O. The van der Waals surface area contributed by atoms with Crippen LogP contribution in [-0.4, -0.2) is 16.9 Å². The molecule has 2 N–H and O–H groups in total. The lowest BCUT2D eigenvalue weighted by molar-refractivity contribution is 0.0938. The molecule has 0 bridgehead atoms. The molecule has 1 aromatic carbocycles. The zero-order valence-electron chi connectivity index (χ0n) is 12.6. The van der Waals surface area contributed by atoms with Crippen molar-refractivity contribution in [3.05, 3.63) is 59.9 Å². The van der Waals surface area contributed by atoms with E-state index in [1.807, 2.05) is 38.1 Å². The molecule has 21 heavy (non-hydrogen) atoms. The maximum atomic E-state index is 12.0. The number of aromatic nitrogens is 1. The minimum absolute atomic E-state index is 0.0964. The summed E-state index contributed by atoms with van der Waals surface area (Å²) in [6.07, 6.45) is 1.65. The SMILES string of the molecule is CC(C)NC(=O)c1cc(NC(C)c2ccccc2)ccn1. The van der Waals surface area contributed by atoms with E-state index < -0.39 is 0 Å². The van der Waals surface area contributed by atoms with E-state index in [1.165, 1.54) is 5.56 Å². The molecule has 0 saturated carbocycles. The summed E-state index contributed by atoms with van der Waals surface area (Å²) in [5.41, 5.74) is 2.51. The summed E-state index contributed by atoms with van der Waals surface area (Å²) in [6, 6.07) is 14.1. The maximum Gasteiger partial charge on any atom is 0.270 e. The summed E-state index contributed by atoms with van der Waals surface area (Å²) in [7, 11) is 0. The first-order valence-corrected chi connectivity index (χ1v) is 7.14. The first-order chi connectivity index (χ1) is 10.1. The van der Waals surface area contributed by atoms with E-state index in [0.29, 0.717) is 5.69 Å². The molecular weight excluding hydrogens is 262 g/mol. The standard InChI is InChI=1S/C17H21N3O/c1-12(2)19-17(21)16-11-15(9-10-18-16)20-13(3)14-7-5-4-6-8-14/h4-13H,1-3H3,(H,18,20)(H,19,21). The van der Waals surface area contributed by atoms with Crippen molar-refractivity contribution in [3.63, 3.8) is 0 Å². The van der Waals surface area contributed by atoms with Crippen LogP contribution in [0.5, 0.6) is 0 Å². The van der Waals surface area contributed by atoms with Gasteiger partial charge < -0.3 is 10.6 Å². The van der Waals surface area contributed by atoms with E-state index in [4.69, 9.17) is 0 Å². The van der Waals surface area contributed by atoms with Crippen LogP contribution in [0.25, 0.3) is 0 Å². The zero-order chi connectivity index (χ0) is 15.2. The highest BCUT2D eigenvalue weighted by molar-refractivity contribution is 5.93. The highest BCUT2D eigenvalue weighted by Gasteiger charge is 2.10. The zero-order valence-corrected chi connectivity index (χ0v) is 12.6. The molecule has 110 valence electrons. The number of anilines is 1. The number of rotatable bonds is 5. The van der Waals surface area contributed by atoms with Crippen LogP contribution in [0.2, 0.25) is 0 Å². The van der Waals surface area contributed by atoms with Crippen molar-refractivity contribution >= 4 is 11.6 Å². The molecule has 2 rings (SSSR count). The first-order valence-electron chi connectivity index (χ1n) is 7.14. The van der Waals surface area contributed by atoms with E-state index >= 15 is 0 Å². The van der Waals surface area contributed by atoms with E-state index in [0.717, 1.165) is 5.69 Å². The Hall–Kier alpha value is -2.36. The van der Waals surface area contributed by atoms with Gasteiger partial charge in [-0.2, -0.15) is 0 Å². The number of pyridine rings is 1. The number of nitrogens with zero attached hydrogens (tertiary/aromatic N) is 1. The Kier molecular flexibility index (Phi) is 4.93. The third-order valence-electron chi connectivity index (χ3n) is 3.10. The predicted octanol–water partition coefficient (Wildman–Crippen LogP) is 3.39. The average molecular weight is 283 g/mol. The van der Waals surface area contributed by atoms with Crippen LogP contribution in [-0.2, 0) is 0 Å². The average Bonchev–Trinajstić information content (AvgIpc) is 2.47. The lowest BCUT2D eigenvalue weighted by Crippen LogP contribution is -2.30. The smallest absolute Gasteiger partial charge is 0.270 e. The molecule has 0 fully saturated rings. The summed E-state index contributed by atoms with van der Waals surface area (Å²) >= 11 is 0. The van der Waals surface area contributed by atoms with Crippen LogP contribution in [0, 0.1) is 0 Å². The lowest BCUT2D eigenvalue weighted by atomic mass is 10.1. The molecule has 1 amide bonds. The molecule has 0 aliphatic carbocycles. The van der Waals surface area contributed by atoms with Gasteiger partial charge in [0.25, 0.3) is 5.91 Å². The van der Waals surface area contributed by atoms with Crippen LogP contribution < -0.4 is 10.6 Å². The van der Waals surface area contributed by atoms with Gasteiger partial charge in [0, 0.05) is 24.0 Å². The van der Waals surface area contributed by atoms with Crippen LogP contribution in [0.4, 0.5) is 5.69 Å². The second-order valence-electron chi connectivity index (χ2n) is 5.33. The van der Waals surface area contributed by atoms with Gasteiger partial charge >= 0.3 is 0 Å². The highest BCUT2D eigenvalue weighted by Crippen LogP contribution is 2.19. The minimum Gasteiger partial charge on any atom is -0.378 e. The molecule has 0 radical (unpaired) electrons. The van der Waals surface area contributed by atoms with Crippen molar-refractivity contribution in [3.8, 4) is 0 Å². The third-order valence-corrected chi connectivity index (χ3v) is 3.10. The molecule has 4 nitrogen and oxygen atoms in total. The Morgan fingerprint density at radius 3 is 2.48 bits per heavy atom. The summed E-state index contributed by atoms with van der Waals surface area (Å²) < 4.78 is 0. The Morgan fingerprint density at radius 1 is 1.10 bits per heavy atom. The van der Waals surface area contributed by atoms with Gasteiger partial charge in [-0.1, -0.05) is 30.3 Å². The molecule has 4 heteroatoms. The van der Waals surface area contributed by atoms with E-state index in [-0.39, 0.29) is 18.0 Å². The molecule has 0 spiro atoms. The third kappa shape index (κ3) is 4.31. The van der Waals surface area contributed by atoms with Crippen molar-refractivity contribution in [2.24, 2.45) is 0 Å². The fourth-order valence-corrected chi connectivity index (χ4v) is 2.06. The Morgan fingerprint density at radius 2 is 1.81 bits per heavy atom. The van der Waals surface area contributed by atoms with E-state index in [1.54, 1.807) is 12.3 Å². The van der Waals surface area contributed by atoms with Crippen LogP contribution in [0.3, 0.4) is 0 Å². The monoisotopic (exact) mass is 283 g/mol. The first kappa shape index (κ1) is 15.0. The van der Waals surface area contributed by atoms with Crippen LogP contribution >= 0.6 is 0 Å². The van der Waals surface area contributed by atoms with Gasteiger partial charge in [-0.3, -0.25) is 9.78 Å². The van der Waals surface area contributed by atoms with Crippen LogP contribution in [0.15, 0.2) is 48.7 Å². The Balaban J connectivity index is 2.09. The van der Waals surface area contributed by atoms with Gasteiger partial charge in [-0.05, 0) is 38.5 Å². The van der Waals surface area contributed by atoms with Gasteiger partial charge in [-0.15, -0.1) is 0 Å². The number of hydrogen-bond donors (Lipinski definition) is 2. The molecule has 0 aliphatic rings. The fourth-order valence-electron chi connectivity index (χ4n) is 2.06. The summed E-state index contributed by atoms with van der Waals surface area (Å²) in [5, 5.41) is 6.23. The highest BCUT2D eigenvalue weighted by atomic mass is 16.1. The second kappa shape index (κ2) is 6.88. The number of hydrogen-bond acceptors (Lipinski definition) is 3. The number of nitrogens with one attached hydrogen (secondary N) is 2.